The van der Waals surface area contributed by atoms with Crippen LogP contribution in [0.25, 0.3) is 0 Å². The van der Waals surface area contributed by atoms with Crippen molar-refractivity contribution in [3.05, 3.63) is 0 Å². The SMILES string of the molecule is NC(F)(F)C(F)(F)C(F)(F)C(F)(F)C(F)(F)C(F)(F)C(F)(F)C(F)C(F)F. The van der Waals surface area contributed by atoms with Crippen molar-refractivity contribution in [3.63, 3.8) is 0 Å². The van der Waals surface area contributed by atoms with Crippen LogP contribution in [0, 0.1) is 0 Å². The van der Waals surface area contributed by atoms with Crippen LogP contribution in [0.5, 0.6) is 0 Å². The summed E-state index contributed by atoms with van der Waals surface area (Å²) in [6, 6.07) is -6.78. The van der Waals surface area contributed by atoms with Crippen molar-refractivity contribution in [1.82, 2.24) is 0 Å². The molecule has 1 nitrogen and oxygen atoms in total. The molecular weight excluding hydrogens is 445 g/mol. The van der Waals surface area contributed by atoms with Gasteiger partial charge in [-0.3, -0.25) is 5.73 Å². The normalized spacial score (nSPS) is 17.4. The van der Waals surface area contributed by atoms with Gasteiger partial charge in [0.1, 0.15) is 0 Å². The van der Waals surface area contributed by atoms with Crippen LogP contribution in [0.3, 0.4) is 0 Å². The van der Waals surface area contributed by atoms with Gasteiger partial charge < -0.3 is 0 Å². The predicted octanol–water partition coefficient (Wildman–Crippen LogP) is 4.95. The van der Waals surface area contributed by atoms with E-state index < -0.39 is 54.2 Å². The van der Waals surface area contributed by atoms with Gasteiger partial charge in [-0.15, -0.1) is 0 Å². The molecule has 0 bridgehead atoms. The van der Waals surface area contributed by atoms with Crippen molar-refractivity contribution in [2.24, 2.45) is 5.73 Å². The molecule has 0 rings (SSSR count). The van der Waals surface area contributed by atoms with E-state index in [-0.39, 0.29) is 0 Å². The highest BCUT2D eigenvalue weighted by Crippen LogP contribution is 2.62. The van der Waals surface area contributed by atoms with Crippen LogP contribution in [-0.4, -0.2) is 54.2 Å². The Morgan fingerprint density at radius 2 is 0.704 bits per heavy atom. The lowest BCUT2D eigenvalue weighted by atomic mass is 9.89. The second-order valence-electron chi connectivity index (χ2n) is 4.85. The molecular formula is C9H4F17N. The van der Waals surface area contributed by atoms with Crippen molar-refractivity contribution < 1.29 is 74.6 Å². The van der Waals surface area contributed by atoms with E-state index in [1.807, 2.05) is 0 Å². The summed E-state index contributed by atoms with van der Waals surface area (Å²) < 4.78 is 215. The Hall–Kier alpha value is -1.23. The molecule has 0 saturated heterocycles. The number of halogens is 17. The van der Waals surface area contributed by atoms with Crippen molar-refractivity contribution >= 4 is 0 Å². The van der Waals surface area contributed by atoms with Gasteiger partial charge in [0.2, 0.25) is 6.17 Å². The summed E-state index contributed by atoms with van der Waals surface area (Å²) in [6.45, 7) is 0. The maximum absolute atomic E-state index is 13.0. The smallest absolute Gasteiger partial charge is 0.267 e. The monoisotopic (exact) mass is 449 g/mol. The Balaban J connectivity index is 6.56. The largest absolute Gasteiger partial charge is 0.392 e. The van der Waals surface area contributed by atoms with Crippen molar-refractivity contribution in [2.75, 3.05) is 0 Å². The number of hydrogen-bond donors (Lipinski definition) is 1. The molecule has 0 spiro atoms. The topological polar surface area (TPSA) is 26.0 Å². The molecule has 0 aromatic heterocycles. The average molecular weight is 449 g/mol. The van der Waals surface area contributed by atoms with Crippen LogP contribution < -0.4 is 5.73 Å². The molecule has 1 atom stereocenters. The zero-order valence-electron chi connectivity index (χ0n) is 11.7. The van der Waals surface area contributed by atoms with Crippen LogP contribution in [0.4, 0.5) is 74.6 Å². The van der Waals surface area contributed by atoms with Crippen LogP contribution in [0.2, 0.25) is 0 Å². The average Bonchev–Trinajstić information content (AvgIpc) is 2.43. The van der Waals surface area contributed by atoms with Gasteiger partial charge in [0.25, 0.3) is 6.43 Å². The molecule has 0 heterocycles. The molecule has 0 aromatic rings. The highest BCUT2D eigenvalue weighted by atomic mass is 19.4. The van der Waals surface area contributed by atoms with Crippen LogP contribution >= 0.6 is 0 Å². The molecule has 0 radical (unpaired) electrons. The lowest BCUT2D eigenvalue weighted by molar-refractivity contribution is -0.445. The lowest BCUT2D eigenvalue weighted by Gasteiger charge is -2.42. The third kappa shape index (κ3) is 3.26. The Morgan fingerprint density at radius 3 is 0.963 bits per heavy atom. The van der Waals surface area contributed by atoms with Crippen LogP contribution in [0.1, 0.15) is 0 Å². The maximum Gasteiger partial charge on any atom is 0.392 e. The molecule has 0 aliphatic carbocycles. The van der Waals surface area contributed by atoms with E-state index in [9.17, 15) is 74.6 Å². The molecule has 2 N–H and O–H groups in total. The first-order valence-corrected chi connectivity index (χ1v) is 5.71. The molecule has 0 amide bonds. The van der Waals surface area contributed by atoms with Gasteiger partial charge in [-0.05, 0) is 0 Å². The Kier molecular flexibility index (Phi) is 6.11. The first-order chi connectivity index (χ1) is 11.4. The van der Waals surface area contributed by atoms with E-state index in [0.717, 1.165) is 0 Å². The number of rotatable bonds is 8. The molecule has 1 unspecified atom stereocenters. The maximum atomic E-state index is 13.0. The van der Waals surface area contributed by atoms with E-state index in [0.29, 0.717) is 0 Å². The highest BCUT2D eigenvalue weighted by Gasteiger charge is 2.93. The quantitative estimate of drug-likeness (QED) is 0.412. The Labute approximate surface area is 136 Å². The zero-order chi connectivity index (χ0) is 22.7. The minimum Gasteiger partial charge on any atom is -0.267 e. The number of alkyl halides is 17. The molecule has 0 saturated carbocycles. The fourth-order valence-corrected chi connectivity index (χ4v) is 1.34. The zero-order valence-corrected chi connectivity index (χ0v) is 11.7. The van der Waals surface area contributed by atoms with Crippen LogP contribution in [0.15, 0.2) is 0 Å². The van der Waals surface area contributed by atoms with Gasteiger partial charge >= 0.3 is 41.6 Å². The first-order valence-electron chi connectivity index (χ1n) is 5.71. The second kappa shape index (κ2) is 6.40. The second-order valence-corrected chi connectivity index (χ2v) is 4.85. The Morgan fingerprint density at radius 1 is 0.444 bits per heavy atom. The summed E-state index contributed by atoms with van der Waals surface area (Å²) in [5.41, 5.74) is 3.09. The molecule has 0 fully saturated rings. The fourth-order valence-electron chi connectivity index (χ4n) is 1.34. The minimum atomic E-state index is -8.47. The van der Waals surface area contributed by atoms with Gasteiger partial charge in [-0.2, -0.15) is 61.5 Å². The van der Waals surface area contributed by atoms with E-state index in [1.54, 1.807) is 0 Å². The summed E-state index contributed by atoms with van der Waals surface area (Å²) in [6.07, 6.45) is -10.9. The summed E-state index contributed by atoms with van der Waals surface area (Å²) in [4.78, 5) is 0. The van der Waals surface area contributed by atoms with Crippen molar-refractivity contribution in [1.29, 1.82) is 0 Å². The van der Waals surface area contributed by atoms with E-state index >= 15 is 0 Å². The lowest BCUT2D eigenvalue weighted by Crippen LogP contribution is -2.75. The van der Waals surface area contributed by atoms with E-state index in [4.69, 9.17) is 0 Å². The van der Waals surface area contributed by atoms with Gasteiger partial charge in [0.15, 0.2) is 0 Å². The van der Waals surface area contributed by atoms with E-state index in [2.05, 4.69) is 5.73 Å². The van der Waals surface area contributed by atoms with Crippen LogP contribution in [-0.2, 0) is 0 Å². The summed E-state index contributed by atoms with van der Waals surface area (Å²) in [5, 5.41) is 0. The van der Waals surface area contributed by atoms with Crippen molar-refractivity contribution in [3.8, 4) is 0 Å². The summed E-state index contributed by atoms with van der Waals surface area (Å²) in [5.74, 6) is -48.6. The third-order valence-electron chi connectivity index (χ3n) is 2.98. The van der Waals surface area contributed by atoms with Crippen molar-refractivity contribution in [2.45, 2.75) is 54.2 Å². The third-order valence-corrected chi connectivity index (χ3v) is 2.98. The predicted molar refractivity (Wildman–Crippen MR) is 49.7 cm³/mol. The number of hydrogen-bond acceptors (Lipinski definition) is 1. The fraction of sp³-hybridized carbons (Fsp3) is 1.00. The van der Waals surface area contributed by atoms with Gasteiger partial charge in [0, 0.05) is 0 Å². The van der Waals surface area contributed by atoms with E-state index in [1.165, 1.54) is 0 Å². The highest BCUT2D eigenvalue weighted by molar-refractivity contribution is 5.14. The van der Waals surface area contributed by atoms with Gasteiger partial charge in [0.05, 0.1) is 0 Å². The first kappa shape index (κ1) is 25.8. The molecule has 164 valence electrons. The molecule has 0 aliphatic heterocycles. The molecule has 0 aromatic carbocycles. The van der Waals surface area contributed by atoms with Gasteiger partial charge in [-0.25, -0.2) is 13.2 Å². The summed E-state index contributed by atoms with van der Waals surface area (Å²) >= 11 is 0. The minimum absolute atomic E-state index is 3.09. The molecule has 27 heavy (non-hydrogen) atoms. The standard InChI is InChI=1S/C9H4F17N/c10-1(2(11)12)3(13,14)4(15,16)5(17,18)6(19,20)7(21,22)8(23,24)9(25,26)27/h1-2H,27H2. The number of nitrogens with two attached hydrogens (primary N) is 1. The molecule has 18 heteroatoms. The summed E-state index contributed by atoms with van der Waals surface area (Å²) in [7, 11) is 0. The molecule has 0 aliphatic rings. The van der Waals surface area contributed by atoms with Gasteiger partial charge in [-0.1, -0.05) is 0 Å². The Bertz CT molecular complexity index is 531.